The van der Waals surface area contributed by atoms with Crippen LogP contribution in [0.5, 0.6) is 0 Å². The monoisotopic (exact) mass is 292 g/mol. The first-order chi connectivity index (χ1) is 9.63. The first kappa shape index (κ1) is 13.7. The van der Waals surface area contributed by atoms with Crippen molar-refractivity contribution in [3.63, 3.8) is 0 Å². The third kappa shape index (κ3) is 2.74. The Hall–Kier alpha value is -1.31. The van der Waals surface area contributed by atoms with Crippen LogP contribution in [0.4, 0.5) is 0 Å². The number of hydrogen-bond acceptors (Lipinski definition) is 6. The van der Waals surface area contributed by atoms with E-state index in [4.69, 9.17) is 5.73 Å². The molecule has 2 heterocycles. The Balaban J connectivity index is 1.62. The van der Waals surface area contributed by atoms with Crippen molar-refractivity contribution in [3.8, 4) is 0 Å². The molecule has 0 aliphatic heterocycles. The van der Waals surface area contributed by atoms with E-state index in [0.717, 1.165) is 43.3 Å². The van der Waals surface area contributed by atoms with Gasteiger partial charge < -0.3 is 10.3 Å². The van der Waals surface area contributed by atoms with Crippen molar-refractivity contribution in [2.45, 2.75) is 37.9 Å². The predicted octanol–water partition coefficient (Wildman–Crippen LogP) is 1.11. The van der Waals surface area contributed by atoms with Gasteiger partial charge in [0.2, 0.25) is 0 Å². The Labute approximate surface area is 122 Å². The van der Waals surface area contributed by atoms with Crippen LogP contribution < -0.4 is 5.73 Å². The first-order valence-corrected chi connectivity index (χ1v) is 7.77. The summed E-state index contributed by atoms with van der Waals surface area (Å²) in [4.78, 5) is 6.51. The second kappa shape index (κ2) is 5.59. The molecule has 0 bridgehead atoms. The van der Waals surface area contributed by atoms with Crippen LogP contribution in [0.2, 0.25) is 0 Å². The molecule has 20 heavy (non-hydrogen) atoms. The molecule has 2 aromatic heterocycles. The summed E-state index contributed by atoms with van der Waals surface area (Å²) in [6.07, 6.45) is 2.06. The largest absolute Gasteiger partial charge is 0.328 e. The maximum atomic E-state index is 5.85. The minimum absolute atomic E-state index is 0.340. The van der Waals surface area contributed by atoms with E-state index in [-0.39, 0.29) is 0 Å². The van der Waals surface area contributed by atoms with Gasteiger partial charge in [0, 0.05) is 30.9 Å². The molecule has 0 spiro atoms. The van der Waals surface area contributed by atoms with Crippen LogP contribution in [-0.4, -0.2) is 37.7 Å². The lowest BCUT2D eigenvalue weighted by molar-refractivity contribution is 0.300. The van der Waals surface area contributed by atoms with Gasteiger partial charge in [-0.2, -0.15) is 0 Å². The Morgan fingerprint density at radius 1 is 1.40 bits per heavy atom. The molecule has 3 rings (SSSR count). The molecule has 6 nitrogen and oxygen atoms in total. The Kier molecular flexibility index (Phi) is 3.82. The topological polar surface area (TPSA) is 72.9 Å². The van der Waals surface area contributed by atoms with Gasteiger partial charge in [0.25, 0.3) is 0 Å². The fourth-order valence-electron chi connectivity index (χ4n) is 2.63. The van der Waals surface area contributed by atoms with Crippen molar-refractivity contribution < 1.29 is 0 Å². The zero-order chi connectivity index (χ0) is 14.1. The molecule has 2 N–H and O–H groups in total. The zero-order valence-corrected chi connectivity index (χ0v) is 12.7. The van der Waals surface area contributed by atoms with Crippen molar-refractivity contribution in [2.24, 2.45) is 12.8 Å². The standard InChI is InChI=1S/C13H20N6S/c1-18(5-11-7-20-8-15-11)6-12-16-17-13(19(12)2)9-3-10(14)4-9/h7-10H,3-6,14H2,1-2H3. The van der Waals surface area contributed by atoms with E-state index >= 15 is 0 Å². The molecule has 1 aliphatic carbocycles. The molecule has 7 heteroatoms. The van der Waals surface area contributed by atoms with Crippen LogP contribution in [0.1, 0.15) is 36.1 Å². The van der Waals surface area contributed by atoms with Crippen molar-refractivity contribution >= 4 is 11.3 Å². The Bertz CT molecular complexity index is 557. The molecule has 0 atom stereocenters. The third-order valence-corrected chi connectivity index (χ3v) is 4.50. The fourth-order valence-corrected chi connectivity index (χ4v) is 3.18. The second-order valence-corrected chi connectivity index (χ2v) is 6.33. The lowest BCUT2D eigenvalue weighted by atomic mass is 9.80. The summed E-state index contributed by atoms with van der Waals surface area (Å²) in [5.74, 6) is 2.56. The van der Waals surface area contributed by atoms with E-state index in [9.17, 15) is 0 Å². The van der Waals surface area contributed by atoms with Gasteiger partial charge in [0.05, 0.1) is 17.7 Å². The van der Waals surface area contributed by atoms with Crippen molar-refractivity contribution in [1.29, 1.82) is 0 Å². The maximum absolute atomic E-state index is 5.85. The molecule has 108 valence electrons. The van der Waals surface area contributed by atoms with Gasteiger partial charge in [-0.1, -0.05) is 0 Å². The van der Waals surface area contributed by atoms with E-state index in [1.54, 1.807) is 11.3 Å². The van der Waals surface area contributed by atoms with Crippen LogP contribution in [0.15, 0.2) is 10.9 Å². The summed E-state index contributed by atoms with van der Waals surface area (Å²) in [5, 5.41) is 10.7. The van der Waals surface area contributed by atoms with Crippen molar-refractivity contribution in [1.82, 2.24) is 24.6 Å². The molecule has 0 aromatic carbocycles. The highest BCUT2D eigenvalue weighted by Crippen LogP contribution is 2.34. The van der Waals surface area contributed by atoms with Gasteiger partial charge in [-0.3, -0.25) is 4.90 Å². The molecule has 2 aromatic rings. The maximum Gasteiger partial charge on any atom is 0.146 e. The number of rotatable bonds is 5. The SMILES string of the molecule is CN(Cc1cscn1)Cc1nnc(C2CC(N)C2)n1C. The average Bonchev–Trinajstić information content (AvgIpc) is 2.98. The summed E-state index contributed by atoms with van der Waals surface area (Å²) in [7, 11) is 4.12. The Morgan fingerprint density at radius 3 is 2.85 bits per heavy atom. The highest BCUT2D eigenvalue weighted by molar-refractivity contribution is 7.07. The quantitative estimate of drug-likeness (QED) is 0.893. The van der Waals surface area contributed by atoms with Crippen LogP contribution >= 0.6 is 11.3 Å². The summed E-state index contributed by atoms with van der Waals surface area (Å²) >= 11 is 1.63. The highest BCUT2D eigenvalue weighted by atomic mass is 32.1. The van der Waals surface area contributed by atoms with E-state index in [0.29, 0.717) is 12.0 Å². The summed E-state index contributed by atoms with van der Waals surface area (Å²) < 4.78 is 2.12. The predicted molar refractivity (Wildman–Crippen MR) is 78.2 cm³/mol. The minimum atomic E-state index is 0.340. The van der Waals surface area contributed by atoms with Gasteiger partial charge in [0.15, 0.2) is 0 Å². The van der Waals surface area contributed by atoms with Crippen LogP contribution in [0.3, 0.4) is 0 Å². The number of hydrogen-bond donors (Lipinski definition) is 1. The fraction of sp³-hybridized carbons (Fsp3) is 0.615. The zero-order valence-electron chi connectivity index (χ0n) is 11.9. The average molecular weight is 292 g/mol. The molecule has 1 saturated carbocycles. The number of nitrogens with zero attached hydrogens (tertiary/aromatic N) is 5. The molecule has 0 amide bonds. The van der Waals surface area contributed by atoms with Crippen LogP contribution in [-0.2, 0) is 20.1 Å². The van der Waals surface area contributed by atoms with Gasteiger partial charge in [-0.05, 0) is 19.9 Å². The van der Waals surface area contributed by atoms with Gasteiger partial charge in [-0.25, -0.2) is 4.98 Å². The van der Waals surface area contributed by atoms with Crippen LogP contribution in [0, 0.1) is 0 Å². The summed E-state index contributed by atoms with van der Waals surface area (Å²) in [6, 6.07) is 0.340. The summed E-state index contributed by atoms with van der Waals surface area (Å²) in [6.45, 7) is 1.61. The molecule has 1 aliphatic rings. The third-order valence-electron chi connectivity index (χ3n) is 3.87. The second-order valence-electron chi connectivity index (χ2n) is 5.61. The number of aromatic nitrogens is 4. The lowest BCUT2D eigenvalue weighted by Gasteiger charge is -2.31. The minimum Gasteiger partial charge on any atom is -0.328 e. The normalized spacial score (nSPS) is 22.2. The molecule has 1 fully saturated rings. The molecule has 0 saturated heterocycles. The van der Waals surface area contributed by atoms with E-state index in [2.05, 4.69) is 37.1 Å². The number of nitrogens with two attached hydrogens (primary N) is 1. The molecule has 0 unspecified atom stereocenters. The highest BCUT2D eigenvalue weighted by Gasteiger charge is 2.31. The smallest absolute Gasteiger partial charge is 0.146 e. The summed E-state index contributed by atoms with van der Waals surface area (Å²) in [5.41, 5.74) is 8.81. The van der Waals surface area contributed by atoms with E-state index in [1.807, 2.05) is 12.6 Å². The van der Waals surface area contributed by atoms with E-state index in [1.165, 1.54) is 0 Å². The van der Waals surface area contributed by atoms with Gasteiger partial charge >= 0.3 is 0 Å². The molecular weight excluding hydrogens is 272 g/mol. The molecular formula is C13H20N6S. The van der Waals surface area contributed by atoms with Gasteiger partial charge in [0.1, 0.15) is 11.6 Å². The van der Waals surface area contributed by atoms with E-state index < -0.39 is 0 Å². The number of thiazole rings is 1. The Morgan fingerprint density at radius 2 is 2.20 bits per heavy atom. The molecule has 0 radical (unpaired) electrons. The van der Waals surface area contributed by atoms with Crippen molar-refractivity contribution in [3.05, 3.63) is 28.2 Å². The van der Waals surface area contributed by atoms with Crippen LogP contribution in [0.25, 0.3) is 0 Å². The first-order valence-electron chi connectivity index (χ1n) is 6.83. The lowest BCUT2D eigenvalue weighted by Crippen LogP contribution is -2.36. The van der Waals surface area contributed by atoms with Gasteiger partial charge in [-0.15, -0.1) is 21.5 Å². The van der Waals surface area contributed by atoms with Crippen molar-refractivity contribution in [2.75, 3.05) is 7.05 Å².